The van der Waals surface area contributed by atoms with Gasteiger partial charge in [0.2, 0.25) is 0 Å². The van der Waals surface area contributed by atoms with Gasteiger partial charge in [0.05, 0.1) is 0 Å². The SMILES string of the molecule is O=S(=O)(NCCCNCc1cccnc1)c1sccc1Br. The summed E-state index contributed by atoms with van der Waals surface area (Å²) < 4.78 is 27.6. The molecule has 0 atom stereocenters. The van der Waals surface area contributed by atoms with E-state index < -0.39 is 10.0 Å². The average Bonchev–Trinajstić information content (AvgIpc) is 2.91. The first-order valence-corrected chi connectivity index (χ1v) is 9.57. The smallest absolute Gasteiger partial charge is 0.251 e. The number of nitrogens with zero attached hydrogens (tertiary/aromatic N) is 1. The van der Waals surface area contributed by atoms with Crippen LogP contribution in [0.4, 0.5) is 0 Å². The van der Waals surface area contributed by atoms with Crippen molar-refractivity contribution in [1.29, 1.82) is 0 Å². The predicted molar refractivity (Wildman–Crippen MR) is 87.8 cm³/mol. The van der Waals surface area contributed by atoms with Gasteiger partial charge in [-0.25, -0.2) is 13.1 Å². The highest BCUT2D eigenvalue weighted by Crippen LogP contribution is 2.27. The normalized spacial score (nSPS) is 11.7. The number of halogens is 1. The molecule has 0 spiro atoms. The van der Waals surface area contributed by atoms with Crippen molar-refractivity contribution in [3.8, 4) is 0 Å². The highest BCUT2D eigenvalue weighted by molar-refractivity contribution is 9.10. The van der Waals surface area contributed by atoms with Gasteiger partial charge < -0.3 is 5.32 Å². The maximum atomic E-state index is 12.0. The first-order valence-electron chi connectivity index (χ1n) is 6.42. The Morgan fingerprint density at radius 3 is 2.81 bits per heavy atom. The number of aromatic nitrogens is 1. The fourth-order valence-corrected chi connectivity index (χ4v) is 5.15. The van der Waals surface area contributed by atoms with Gasteiger partial charge >= 0.3 is 0 Å². The zero-order valence-corrected chi connectivity index (χ0v) is 14.5. The molecule has 2 heterocycles. The molecule has 0 fully saturated rings. The van der Waals surface area contributed by atoms with Crippen molar-refractivity contribution < 1.29 is 8.42 Å². The minimum atomic E-state index is -3.40. The molecule has 5 nitrogen and oxygen atoms in total. The Bertz CT molecular complexity index is 659. The summed E-state index contributed by atoms with van der Waals surface area (Å²) in [5.41, 5.74) is 1.11. The van der Waals surface area contributed by atoms with Crippen molar-refractivity contribution in [2.75, 3.05) is 13.1 Å². The van der Waals surface area contributed by atoms with E-state index in [2.05, 4.69) is 31.0 Å². The van der Waals surface area contributed by atoms with E-state index in [9.17, 15) is 8.42 Å². The van der Waals surface area contributed by atoms with E-state index in [1.807, 2.05) is 18.3 Å². The number of pyridine rings is 1. The van der Waals surface area contributed by atoms with E-state index in [1.54, 1.807) is 17.6 Å². The summed E-state index contributed by atoms with van der Waals surface area (Å²) in [7, 11) is -3.40. The average molecular weight is 390 g/mol. The molecule has 0 unspecified atom stereocenters. The predicted octanol–water partition coefficient (Wildman–Crippen LogP) is 2.36. The molecule has 0 aliphatic heterocycles. The van der Waals surface area contributed by atoms with Crippen LogP contribution in [0.2, 0.25) is 0 Å². The van der Waals surface area contributed by atoms with Crippen LogP contribution < -0.4 is 10.0 Å². The lowest BCUT2D eigenvalue weighted by molar-refractivity contribution is 0.575. The molecule has 2 aromatic heterocycles. The molecule has 2 rings (SSSR count). The first kappa shape index (κ1) is 16.6. The van der Waals surface area contributed by atoms with Gasteiger partial charge in [-0.15, -0.1) is 11.3 Å². The van der Waals surface area contributed by atoms with Gasteiger partial charge in [0, 0.05) is 30.0 Å². The highest BCUT2D eigenvalue weighted by atomic mass is 79.9. The van der Waals surface area contributed by atoms with Crippen molar-refractivity contribution in [3.05, 3.63) is 46.0 Å². The largest absolute Gasteiger partial charge is 0.313 e. The van der Waals surface area contributed by atoms with Crippen molar-refractivity contribution in [2.45, 2.75) is 17.2 Å². The third-order valence-corrected chi connectivity index (χ3v) is 6.83. The molecule has 21 heavy (non-hydrogen) atoms. The molecule has 114 valence electrons. The lowest BCUT2D eigenvalue weighted by Crippen LogP contribution is -2.27. The minimum Gasteiger partial charge on any atom is -0.313 e. The lowest BCUT2D eigenvalue weighted by Gasteiger charge is -2.07. The Morgan fingerprint density at radius 2 is 2.14 bits per heavy atom. The molecule has 0 amide bonds. The Hall–Kier alpha value is -0.800. The maximum Gasteiger partial charge on any atom is 0.251 e. The van der Waals surface area contributed by atoms with Crippen LogP contribution in [0.3, 0.4) is 0 Å². The van der Waals surface area contributed by atoms with Gasteiger partial charge in [-0.2, -0.15) is 0 Å². The van der Waals surface area contributed by atoms with E-state index in [0.29, 0.717) is 15.2 Å². The fraction of sp³-hybridized carbons (Fsp3) is 0.308. The van der Waals surface area contributed by atoms with Crippen LogP contribution in [0.25, 0.3) is 0 Å². The van der Waals surface area contributed by atoms with Crippen LogP contribution >= 0.6 is 27.3 Å². The lowest BCUT2D eigenvalue weighted by atomic mass is 10.3. The summed E-state index contributed by atoms with van der Waals surface area (Å²) in [6, 6.07) is 5.62. The van der Waals surface area contributed by atoms with E-state index in [0.717, 1.165) is 25.1 Å². The summed E-state index contributed by atoms with van der Waals surface area (Å²) in [6.07, 6.45) is 4.27. The number of rotatable bonds is 8. The van der Waals surface area contributed by atoms with Crippen LogP contribution in [-0.2, 0) is 16.6 Å². The van der Waals surface area contributed by atoms with Crippen molar-refractivity contribution in [3.63, 3.8) is 0 Å². The summed E-state index contributed by atoms with van der Waals surface area (Å²) in [5, 5.41) is 5.00. The molecule has 2 aromatic rings. The Labute approximate surface area is 137 Å². The number of nitrogens with one attached hydrogen (secondary N) is 2. The standard InChI is InChI=1S/C13H16BrN3O2S2/c14-12-4-8-20-13(12)21(18,19)17-7-2-6-16-10-11-3-1-5-15-9-11/h1,3-5,8-9,16-17H,2,6-7,10H2. The van der Waals surface area contributed by atoms with Gasteiger partial charge in [-0.05, 0) is 52.0 Å². The molecule has 0 saturated carbocycles. The van der Waals surface area contributed by atoms with E-state index in [1.165, 1.54) is 11.3 Å². The zero-order chi connectivity index (χ0) is 15.1. The molecule has 0 aromatic carbocycles. The van der Waals surface area contributed by atoms with Crippen molar-refractivity contribution in [1.82, 2.24) is 15.0 Å². The molecule has 2 N–H and O–H groups in total. The number of hydrogen-bond acceptors (Lipinski definition) is 5. The van der Waals surface area contributed by atoms with Gasteiger partial charge in [-0.1, -0.05) is 6.07 Å². The first-order chi connectivity index (χ1) is 10.1. The van der Waals surface area contributed by atoms with E-state index >= 15 is 0 Å². The van der Waals surface area contributed by atoms with Crippen molar-refractivity contribution in [2.24, 2.45) is 0 Å². The Morgan fingerprint density at radius 1 is 1.29 bits per heavy atom. The molecule has 0 aliphatic carbocycles. The topological polar surface area (TPSA) is 71.1 Å². The molecule has 0 aliphatic rings. The minimum absolute atomic E-state index is 0.325. The third kappa shape index (κ3) is 5.15. The maximum absolute atomic E-state index is 12.0. The number of sulfonamides is 1. The van der Waals surface area contributed by atoms with Crippen LogP contribution in [0.1, 0.15) is 12.0 Å². The molecular weight excluding hydrogens is 374 g/mol. The molecule has 0 radical (unpaired) electrons. The summed E-state index contributed by atoms with van der Waals surface area (Å²) in [5.74, 6) is 0. The molecule has 0 bridgehead atoms. The zero-order valence-electron chi connectivity index (χ0n) is 11.3. The van der Waals surface area contributed by atoms with Crippen LogP contribution in [0.15, 0.2) is 44.7 Å². The second-order valence-electron chi connectivity index (χ2n) is 4.35. The summed E-state index contributed by atoms with van der Waals surface area (Å²) in [4.78, 5) is 4.03. The van der Waals surface area contributed by atoms with Gasteiger partial charge in [-0.3, -0.25) is 4.98 Å². The van der Waals surface area contributed by atoms with Crippen LogP contribution in [-0.4, -0.2) is 26.5 Å². The number of thiophene rings is 1. The number of hydrogen-bond donors (Lipinski definition) is 2. The van der Waals surface area contributed by atoms with Crippen molar-refractivity contribution >= 4 is 37.3 Å². The quantitative estimate of drug-likeness (QED) is 0.679. The van der Waals surface area contributed by atoms with Crippen LogP contribution in [0.5, 0.6) is 0 Å². The fourth-order valence-electron chi connectivity index (χ4n) is 1.69. The second kappa shape index (κ2) is 8.00. The second-order valence-corrected chi connectivity index (χ2v) is 8.08. The Kier molecular flexibility index (Phi) is 6.31. The van der Waals surface area contributed by atoms with Gasteiger partial charge in [0.15, 0.2) is 0 Å². The van der Waals surface area contributed by atoms with Gasteiger partial charge in [0.1, 0.15) is 4.21 Å². The summed E-state index contributed by atoms with van der Waals surface area (Å²) in [6.45, 7) is 1.88. The molecule has 0 saturated heterocycles. The van der Waals surface area contributed by atoms with Crippen LogP contribution in [0, 0.1) is 0 Å². The Balaban J connectivity index is 1.67. The van der Waals surface area contributed by atoms with Gasteiger partial charge in [0.25, 0.3) is 10.0 Å². The highest BCUT2D eigenvalue weighted by Gasteiger charge is 2.18. The third-order valence-electron chi connectivity index (χ3n) is 2.70. The van der Waals surface area contributed by atoms with E-state index in [4.69, 9.17) is 0 Å². The monoisotopic (exact) mass is 389 g/mol. The molecule has 8 heteroatoms. The van der Waals surface area contributed by atoms with E-state index in [-0.39, 0.29) is 0 Å². The summed E-state index contributed by atoms with van der Waals surface area (Å²) >= 11 is 4.44. The molecular formula is C13H16BrN3O2S2.